The van der Waals surface area contributed by atoms with E-state index in [4.69, 9.17) is 8.97 Å². The number of sulfonamides is 1. The lowest BCUT2D eigenvalue weighted by molar-refractivity contribution is -0.129. The number of aromatic hydroxyl groups is 1. The molecule has 0 saturated heterocycles. The molecule has 3 aromatic rings. The molecule has 1 fully saturated rings. The van der Waals surface area contributed by atoms with E-state index in [9.17, 15) is 36.3 Å². The Morgan fingerprint density at radius 3 is 2.44 bits per heavy atom. The van der Waals surface area contributed by atoms with Gasteiger partial charge in [-0.1, -0.05) is 25.0 Å². The van der Waals surface area contributed by atoms with Gasteiger partial charge < -0.3 is 24.3 Å². The monoisotopic (exact) mass is 735 g/mol. The van der Waals surface area contributed by atoms with Gasteiger partial charge in [-0.15, -0.1) is 0 Å². The third-order valence-corrected chi connectivity index (χ3v) is 10.6. The molecule has 0 radical (unpaired) electrons. The lowest BCUT2D eigenvalue weighted by Gasteiger charge is -2.19. The van der Waals surface area contributed by atoms with Gasteiger partial charge in [0, 0.05) is 76.5 Å². The van der Waals surface area contributed by atoms with Crippen molar-refractivity contribution in [2.45, 2.75) is 75.3 Å². The first-order chi connectivity index (χ1) is 23.6. The number of nitrogens with zero attached hydrogens (tertiary/aromatic N) is 3. The Labute approximate surface area is 291 Å². The fraction of sp³-hybridized carbons (Fsp3) is 0.515. The third-order valence-electron chi connectivity index (χ3n) is 8.51. The van der Waals surface area contributed by atoms with E-state index >= 15 is 0 Å². The predicted octanol–water partition coefficient (Wildman–Crippen LogP) is 3.16. The second-order valence-corrected chi connectivity index (χ2v) is 15.8. The number of imidazole rings is 1. The summed E-state index contributed by atoms with van der Waals surface area (Å²) in [7, 11) is -5.01. The molecule has 2 heterocycles. The smallest absolute Gasteiger partial charge is 0.343 e. The molecule has 2 aromatic heterocycles. The molecule has 1 aromatic carbocycles. The molecular weight excluding hydrogens is 691 g/mol. The van der Waals surface area contributed by atoms with Crippen molar-refractivity contribution in [1.82, 2.24) is 19.8 Å². The minimum absolute atomic E-state index is 0.0731. The average molecular weight is 736 g/mol. The van der Waals surface area contributed by atoms with Gasteiger partial charge in [-0.25, -0.2) is 9.78 Å². The fourth-order valence-electron chi connectivity index (χ4n) is 5.72. The number of nitrogens with one attached hydrogen (secondary N) is 2. The Balaban J connectivity index is 1.22. The number of hydrogen-bond acceptors (Lipinski definition) is 10. The third kappa shape index (κ3) is 11.4. The highest BCUT2D eigenvalue weighted by Gasteiger charge is 2.37. The minimum atomic E-state index is -4.12. The molecule has 50 heavy (non-hydrogen) atoms. The molecule has 1 saturated carbocycles. The maximum atomic E-state index is 13.2. The Morgan fingerprint density at radius 2 is 1.80 bits per heavy atom. The quantitative estimate of drug-likeness (QED) is 0.0976. The molecule has 1 unspecified atom stereocenters. The van der Waals surface area contributed by atoms with Crippen LogP contribution in [0.5, 0.6) is 5.75 Å². The Morgan fingerprint density at radius 1 is 1.08 bits per heavy atom. The van der Waals surface area contributed by atoms with Crippen molar-refractivity contribution in [3.8, 4) is 5.75 Å². The Hall–Kier alpha value is -4.22. The minimum Gasteiger partial charge on any atom is -0.507 e. The molecule has 0 spiro atoms. The molecule has 4 rings (SSSR count). The van der Waals surface area contributed by atoms with Crippen molar-refractivity contribution in [3.05, 3.63) is 70.0 Å². The molecule has 1 aliphatic carbocycles. The lowest BCUT2D eigenvalue weighted by atomic mass is 9.87. The highest BCUT2D eigenvalue weighted by molar-refractivity contribution is 7.92. The van der Waals surface area contributed by atoms with Gasteiger partial charge in [-0.2, -0.15) is 16.8 Å². The van der Waals surface area contributed by atoms with Crippen molar-refractivity contribution in [1.29, 1.82) is 0 Å². The molecule has 17 heteroatoms. The molecule has 0 bridgehead atoms. The summed E-state index contributed by atoms with van der Waals surface area (Å²) in [6.07, 6.45) is 8.70. The number of amides is 2. The SMILES string of the molecule is CN(CCS(=O)(=O)O)C(=O)CCCCCCC(=O)NCCCc1cc(O)c(C(c2cccc(NS(=O)(=O)c3nccn3C)c2)C2CC2)c(=O)o1. The number of anilines is 1. The molecule has 274 valence electrons. The second kappa shape index (κ2) is 17.1. The molecule has 1 aliphatic rings. The lowest BCUT2D eigenvalue weighted by Crippen LogP contribution is -2.31. The van der Waals surface area contributed by atoms with Crippen LogP contribution >= 0.6 is 0 Å². The first kappa shape index (κ1) is 38.6. The summed E-state index contributed by atoms with van der Waals surface area (Å²) in [6.45, 7) is 0.275. The van der Waals surface area contributed by atoms with Crippen molar-refractivity contribution in [2.24, 2.45) is 13.0 Å². The summed E-state index contributed by atoms with van der Waals surface area (Å²) in [5.41, 5.74) is 0.432. The number of hydrogen-bond donors (Lipinski definition) is 4. The number of carbonyl (C=O) groups excluding carboxylic acids is 2. The summed E-state index contributed by atoms with van der Waals surface area (Å²) in [5.74, 6) is -1.14. The maximum absolute atomic E-state index is 13.2. The van der Waals surface area contributed by atoms with Gasteiger partial charge in [-0.3, -0.25) is 18.9 Å². The standard InChI is InChI=1S/C33H45N5O10S2/c1-37(19-20-49(43,44)45)29(41)13-6-4-3-5-12-28(40)34-16-8-11-26-22-27(39)31(32(42)48-26)30(23-14-15-23)24-9-7-10-25(21-24)36-50(46,47)33-35-17-18-38(33)2/h7,9-10,17-18,21-23,30,36,39H,3-6,8,11-16,19-20H2,1-2H3,(H,34,40)(H,43,44,45). The zero-order valence-electron chi connectivity index (χ0n) is 28.2. The van der Waals surface area contributed by atoms with Crippen LogP contribution < -0.4 is 15.7 Å². The van der Waals surface area contributed by atoms with Gasteiger partial charge in [0.15, 0.2) is 0 Å². The van der Waals surface area contributed by atoms with E-state index in [1.165, 1.54) is 35.0 Å². The number of aryl methyl sites for hydroxylation is 2. The number of benzene rings is 1. The number of aromatic nitrogens is 2. The molecule has 2 amide bonds. The largest absolute Gasteiger partial charge is 0.507 e. The average Bonchev–Trinajstić information content (AvgIpc) is 3.78. The normalized spacial score (nSPS) is 13.9. The van der Waals surface area contributed by atoms with Crippen molar-refractivity contribution >= 4 is 37.6 Å². The van der Waals surface area contributed by atoms with Gasteiger partial charge >= 0.3 is 5.63 Å². The fourth-order valence-corrected chi connectivity index (χ4v) is 7.39. The van der Waals surface area contributed by atoms with Crippen LogP contribution in [0.25, 0.3) is 0 Å². The van der Waals surface area contributed by atoms with Gasteiger partial charge in [0.2, 0.25) is 17.0 Å². The van der Waals surface area contributed by atoms with Crippen LogP contribution in [0.15, 0.2) is 57.1 Å². The summed E-state index contributed by atoms with van der Waals surface area (Å²) in [5, 5.41) is 13.7. The topological polar surface area (TPSA) is 218 Å². The molecular formula is C33H45N5O10S2. The first-order valence-electron chi connectivity index (χ1n) is 16.6. The first-order valence-corrected chi connectivity index (χ1v) is 19.7. The molecule has 0 aliphatic heterocycles. The summed E-state index contributed by atoms with van der Waals surface area (Å²) in [6, 6.07) is 8.16. The van der Waals surface area contributed by atoms with E-state index in [1.54, 1.807) is 31.3 Å². The number of carbonyl (C=O) groups is 2. The van der Waals surface area contributed by atoms with Crippen molar-refractivity contribution < 1.29 is 40.5 Å². The summed E-state index contributed by atoms with van der Waals surface area (Å²) in [4.78, 5) is 42.7. The van der Waals surface area contributed by atoms with E-state index in [0.29, 0.717) is 49.9 Å². The highest BCUT2D eigenvalue weighted by atomic mass is 32.2. The number of unbranched alkanes of at least 4 members (excludes halogenated alkanes) is 3. The molecule has 1 atom stereocenters. The molecule has 4 N–H and O–H groups in total. The molecule has 15 nitrogen and oxygen atoms in total. The van der Waals surface area contributed by atoms with Crippen molar-refractivity contribution in [3.63, 3.8) is 0 Å². The number of rotatable bonds is 20. The van der Waals surface area contributed by atoms with Crippen LogP contribution in [0.1, 0.15) is 80.6 Å². The van der Waals surface area contributed by atoms with Gasteiger partial charge in [0.1, 0.15) is 11.5 Å². The van der Waals surface area contributed by atoms with Gasteiger partial charge in [0.05, 0.1) is 11.3 Å². The highest BCUT2D eigenvalue weighted by Crippen LogP contribution is 2.48. The Kier molecular flexibility index (Phi) is 13.2. The van der Waals surface area contributed by atoms with Crippen molar-refractivity contribution in [2.75, 3.05) is 30.6 Å². The predicted molar refractivity (Wildman–Crippen MR) is 185 cm³/mol. The Bertz CT molecular complexity index is 1920. The van der Waals surface area contributed by atoms with E-state index in [-0.39, 0.29) is 52.9 Å². The van der Waals surface area contributed by atoms with Crippen LogP contribution in [-0.2, 0) is 43.2 Å². The van der Waals surface area contributed by atoms with E-state index in [1.807, 2.05) is 0 Å². The van der Waals surface area contributed by atoms with Crippen LogP contribution in [0.3, 0.4) is 0 Å². The van der Waals surface area contributed by atoms with Crippen LogP contribution in [0.4, 0.5) is 5.69 Å². The van der Waals surface area contributed by atoms with E-state index in [2.05, 4.69) is 15.0 Å². The zero-order chi connectivity index (χ0) is 36.5. The van der Waals surface area contributed by atoms with E-state index in [0.717, 1.165) is 25.7 Å². The van der Waals surface area contributed by atoms with Crippen LogP contribution in [-0.4, -0.2) is 78.7 Å². The van der Waals surface area contributed by atoms with Crippen LogP contribution in [0.2, 0.25) is 0 Å². The van der Waals surface area contributed by atoms with E-state index < -0.39 is 37.4 Å². The van der Waals surface area contributed by atoms with Crippen LogP contribution in [0, 0.1) is 5.92 Å². The van der Waals surface area contributed by atoms with Gasteiger partial charge in [0.25, 0.3) is 20.1 Å². The maximum Gasteiger partial charge on any atom is 0.343 e. The zero-order valence-corrected chi connectivity index (χ0v) is 29.8. The second-order valence-electron chi connectivity index (χ2n) is 12.6. The van der Waals surface area contributed by atoms with Gasteiger partial charge in [-0.05, 0) is 55.7 Å². The summed E-state index contributed by atoms with van der Waals surface area (Å²) < 4.78 is 65.7. The summed E-state index contributed by atoms with van der Waals surface area (Å²) >= 11 is 0.